The van der Waals surface area contributed by atoms with Crippen LogP contribution < -0.4 is 14.8 Å². The minimum Gasteiger partial charge on any atom is -0.454 e. The second-order valence-corrected chi connectivity index (χ2v) is 7.72. The lowest BCUT2D eigenvalue weighted by atomic mass is 10.0. The Bertz CT molecular complexity index is 743. The van der Waals surface area contributed by atoms with Crippen LogP contribution in [0.3, 0.4) is 0 Å². The molecule has 0 saturated carbocycles. The molecule has 140 valence electrons. The molecule has 0 spiro atoms. The van der Waals surface area contributed by atoms with Gasteiger partial charge in [-0.3, -0.25) is 4.90 Å². The van der Waals surface area contributed by atoms with Crippen molar-refractivity contribution in [2.75, 3.05) is 25.2 Å². The van der Waals surface area contributed by atoms with Gasteiger partial charge in [0.25, 0.3) is 0 Å². The summed E-state index contributed by atoms with van der Waals surface area (Å²) in [5.41, 5.74) is 2.41. The highest BCUT2D eigenvalue weighted by molar-refractivity contribution is 5.56. The fourth-order valence-corrected chi connectivity index (χ4v) is 3.81. The molecular formula is C20H28N4O2. The Kier molecular flexibility index (Phi) is 5.02. The summed E-state index contributed by atoms with van der Waals surface area (Å²) in [7, 11) is 0. The van der Waals surface area contributed by atoms with E-state index in [4.69, 9.17) is 9.47 Å². The van der Waals surface area contributed by atoms with E-state index in [-0.39, 0.29) is 0 Å². The average Bonchev–Trinajstić information content (AvgIpc) is 3.24. The van der Waals surface area contributed by atoms with Crippen LogP contribution in [-0.4, -0.2) is 40.4 Å². The van der Waals surface area contributed by atoms with E-state index < -0.39 is 0 Å². The fraction of sp³-hybridized carbons (Fsp3) is 0.550. The Labute approximate surface area is 155 Å². The van der Waals surface area contributed by atoms with E-state index in [0.29, 0.717) is 18.8 Å². The summed E-state index contributed by atoms with van der Waals surface area (Å²) in [5, 5.41) is 3.67. The first kappa shape index (κ1) is 17.2. The Morgan fingerprint density at radius 2 is 2.15 bits per heavy atom. The van der Waals surface area contributed by atoms with Gasteiger partial charge in [0.2, 0.25) is 6.79 Å². The van der Waals surface area contributed by atoms with Gasteiger partial charge in [0.15, 0.2) is 11.5 Å². The van der Waals surface area contributed by atoms with Crippen LogP contribution >= 0.6 is 0 Å². The van der Waals surface area contributed by atoms with E-state index >= 15 is 0 Å². The number of piperidine rings is 1. The molecule has 1 aromatic carbocycles. The largest absolute Gasteiger partial charge is 0.454 e. The van der Waals surface area contributed by atoms with Crippen LogP contribution in [0, 0.1) is 5.92 Å². The van der Waals surface area contributed by atoms with Gasteiger partial charge in [-0.1, -0.05) is 13.8 Å². The smallest absolute Gasteiger partial charge is 0.231 e. The molecule has 0 aliphatic carbocycles. The fourth-order valence-electron chi connectivity index (χ4n) is 3.81. The number of likely N-dealkylation sites (tertiary alicyclic amines) is 1. The van der Waals surface area contributed by atoms with Crippen molar-refractivity contribution in [3.8, 4) is 11.5 Å². The number of imidazole rings is 1. The predicted octanol–water partition coefficient (Wildman–Crippen LogP) is 3.34. The molecule has 3 heterocycles. The first-order valence-electron chi connectivity index (χ1n) is 9.55. The molecule has 0 amide bonds. The number of hydrogen-bond acceptors (Lipinski definition) is 5. The maximum atomic E-state index is 5.48. The number of fused-ring (bicyclic) bond motifs is 1. The number of rotatable bonds is 6. The number of nitrogens with zero attached hydrogens (tertiary/aromatic N) is 3. The first-order valence-corrected chi connectivity index (χ1v) is 9.55. The third-order valence-corrected chi connectivity index (χ3v) is 4.99. The highest BCUT2D eigenvalue weighted by atomic mass is 16.7. The Balaban J connectivity index is 1.36. The molecule has 1 fully saturated rings. The molecule has 1 unspecified atom stereocenters. The van der Waals surface area contributed by atoms with Crippen molar-refractivity contribution in [2.24, 2.45) is 5.92 Å². The van der Waals surface area contributed by atoms with Crippen molar-refractivity contribution >= 4 is 5.69 Å². The summed E-state index contributed by atoms with van der Waals surface area (Å²) in [4.78, 5) is 6.89. The van der Waals surface area contributed by atoms with Gasteiger partial charge < -0.3 is 19.4 Å². The zero-order chi connectivity index (χ0) is 17.9. The van der Waals surface area contributed by atoms with E-state index in [1.807, 2.05) is 24.7 Å². The van der Waals surface area contributed by atoms with E-state index in [1.165, 1.54) is 18.5 Å². The van der Waals surface area contributed by atoms with Crippen molar-refractivity contribution in [2.45, 2.75) is 45.8 Å². The van der Waals surface area contributed by atoms with Crippen LogP contribution in [0.5, 0.6) is 11.5 Å². The molecule has 1 atom stereocenters. The van der Waals surface area contributed by atoms with Gasteiger partial charge in [0.1, 0.15) is 0 Å². The summed E-state index contributed by atoms with van der Waals surface area (Å²) >= 11 is 0. The van der Waals surface area contributed by atoms with Gasteiger partial charge in [0.05, 0.1) is 12.0 Å². The molecule has 1 aromatic heterocycles. The van der Waals surface area contributed by atoms with Gasteiger partial charge >= 0.3 is 0 Å². The number of ether oxygens (including phenoxy) is 2. The van der Waals surface area contributed by atoms with Crippen LogP contribution in [0.2, 0.25) is 0 Å². The normalized spacial score (nSPS) is 19.9. The lowest BCUT2D eigenvalue weighted by Crippen LogP contribution is -2.41. The minimum atomic E-state index is 0.319. The van der Waals surface area contributed by atoms with Crippen LogP contribution in [0.1, 0.15) is 32.4 Å². The Morgan fingerprint density at radius 1 is 1.27 bits per heavy atom. The minimum absolute atomic E-state index is 0.319. The van der Waals surface area contributed by atoms with Crippen molar-refractivity contribution in [1.29, 1.82) is 0 Å². The standard InChI is InChI=1S/C20H28N4O2/c1-15(2)10-24-13-21-9-18(24)12-23-7-3-4-17(11-23)22-16-5-6-19-20(8-16)26-14-25-19/h5-6,8-9,13,15,17,22H,3-4,7,10-12,14H2,1-2H3. The van der Waals surface area contributed by atoms with Crippen molar-refractivity contribution in [1.82, 2.24) is 14.5 Å². The van der Waals surface area contributed by atoms with Crippen molar-refractivity contribution in [3.63, 3.8) is 0 Å². The Hall–Kier alpha value is -2.21. The number of aromatic nitrogens is 2. The van der Waals surface area contributed by atoms with Crippen LogP contribution in [0.4, 0.5) is 5.69 Å². The molecular weight excluding hydrogens is 328 g/mol. The van der Waals surface area contributed by atoms with Gasteiger partial charge in [-0.25, -0.2) is 4.98 Å². The lowest BCUT2D eigenvalue weighted by Gasteiger charge is -2.33. The van der Waals surface area contributed by atoms with Gasteiger partial charge in [-0.2, -0.15) is 0 Å². The molecule has 2 aromatic rings. The quantitative estimate of drug-likeness (QED) is 0.860. The monoisotopic (exact) mass is 356 g/mol. The average molecular weight is 356 g/mol. The molecule has 6 nitrogen and oxygen atoms in total. The second kappa shape index (κ2) is 7.58. The lowest BCUT2D eigenvalue weighted by molar-refractivity contribution is 0.174. The van der Waals surface area contributed by atoms with E-state index in [1.54, 1.807) is 0 Å². The van der Waals surface area contributed by atoms with Crippen molar-refractivity contribution in [3.05, 3.63) is 36.4 Å². The molecule has 26 heavy (non-hydrogen) atoms. The third-order valence-electron chi connectivity index (χ3n) is 4.99. The van der Waals surface area contributed by atoms with Crippen LogP contribution in [0.25, 0.3) is 0 Å². The molecule has 1 N–H and O–H groups in total. The summed E-state index contributed by atoms with van der Waals surface area (Å²) in [6.45, 7) is 8.99. The highest BCUT2D eigenvalue weighted by Crippen LogP contribution is 2.34. The summed E-state index contributed by atoms with van der Waals surface area (Å²) in [6.07, 6.45) is 6.37. The van der Waals surface area contributed by atoms with E-state index in [9.17, 15) is 0 Å². The number of nitrogens with one attached hydrogen (secondary N) is 1. The maximum absolute atomic E-state index is 5.48. The number of anilines is 1. The van der Waals surface area contributed by atoms with Gasteiger partial charge in [-0.15, -0.1) is 0 Å². The summed E-state index contributed by atoms with van der Waals surface area (Å²) in [6, 6.07) is 6.55. The summed E-state index contributed by atoms with van der Waals surface area (Å²) < 4.78 is 13.2. The zero-order valence-corrected chi connectivity index (χ0v) is 15.6. The molecule has 6 heteroatoms. The highest BCUT2D eigenvalue weighted by Gasteiger charge is 2.22. The molecule has 2 aliphatic heterocycles. The second-order valence-electron chi connectivity index (χ2n) is 7.72. The van der Waals surface area contributed by atoms with E-state index in [0.717, 1.165) is 43.4 Å². The molecule has 0 bridgehead atoms. The molecule has 1 saturated heterocycles. The van der Waals surface area contributed by atoms with Gasteiger partial charge in [0, 0.05) is 43.6 Å². The first-order chi connectivity index (χ1) is 12.7. The van der Waals surface area contributed by atoms with E-state index in [2.05, 4.69) is 39.7 Å². The molecule has 0 radical (unpaired) electrons. The topological polar surface area (TPSA) is 51.6 Å². The number of hydrogen-bond donors (Lipinski definition) is 1. The zero-order valence-electron chi connectivity index (χ0n) is 15.6. The summed E-state index contributed by atoms with van der Waals surface area (Å²) in [5.74, 6) is 2.30. The Morgan fingerprint density at radius 3 is 3.04 bits per heavy atom. The molecule has 2 aliphatic rings. The van der Waals surface area contributed by atoms with Crippen LogP contribution in [-0.2, 0) is 13.1 Å². The van der Waals surface area contributed by atoms with Gasteiger partial charge in [-0.05, 0) is 37.4 Å². The number of benzene rings is 1. The van der Waals surface area contributed by atoms with Crippen molar-refractivity contribution < 1.29 is 9.47 Å². The maximum Gasteiger partial charge on any atom is 0.231 e. The SMILES string of the molecule is CC(C)Cn1cncc1CN1CCCC(Nc2ccc3c(c2)OCO3)C1. The molecule has 4 rings (SSSR count). The third kappa shape index (κ3) is 3.96. The van der Waals surface area contributed by atoms with Crippen LogP contribution in [0.15, 0.2) is 30.7 Å². The predicted molar refractivity (Wildman–Crippen MR) is 102 cm³/mol.